The lowest BCUT2D eigenvalue weighted by Crippen LogP contribution is -2.36. The number of nitrogens with zero attached hydrogens (tertiary/aromatic N) is 3. The molecule has 1 heterocycles. The van der Waals surface area contributed by atoms with Crippen molar-refractivity contribution in [2.24, 2.45) is 0 Å². The number of halogens is 2. The second kappa shape index (κ2) is 6.51. The molecule has 0 fully saturated rings. The van der Waals surface area contributed by atoms with Gasteiger partial charge in [-0.1, -0.05) is 41.4 Å². The van der Waals surface area contributed by atoms with E-state index in [1.54, 1.807) is 30.3 Å². The van der Waals surface area contributed by atoms with Crippen molar-refractivity contribution in [1.82, 2.24) is 10.2 Å². The molecule has 1 amide bonds. The van der Waals surface area contributed by atoms with Crippen LogP contribution in [0.4, 0.5) is 5.69 Å². The molecule has 2 rings (SSSR count). The van der Waals surface area contributed by atoms with Crippen LogP contribution in [0.2, 0.25) is 10.3 Å². The van der Waals surface area contributed by atoms with Crippen molar-refractivity contribution in [2.75, 3.05) is 11.4 Å². The molecule has 6 nitrogen and oxygen atoms in total. The lowest BCUT2D eigenvalue weighted by atomic mass is 10.2. The van der Waals surface area contributed by atoms with Crippen molar-refractivity contribution in [3.63, 3.8) is 0 Å². The van der Waals surface area contributed by atoms with E-state index in [4.69, 9.17) is 28.3 Å². The Labute approximate surface area is 129 Å². The number of benzene rings is 1. The lowest BCUT2D eigenvalue weighted by Gasteiger charge is -2.21. The Morgan fingerprint density at radius 2 is 1.81 bits per heavy atom. The average Bonchev–Trinajstić information content (AvgIpc) is 2.47. The highest BCUT2D eigenvalue weighted by Gasteiger charge is 2.23. The highest BCUT2D eigenvalue weighted by molar-refractivity contribution is 6.34. The summed E-state index contributed by atoms with van der Waals surface area (Å²) in [6, 6.07) is 9.62. The van der Waals surface area contributed by atoms with Gasteiger partial charge in [0.15, 0.2) is 10.3 Å². The fourth-order valence-electron chi connectivity index (χ4n) is 1.67. The van der Waals surface area contributed by atoms with Crippen LogP contribution in [0.15, 0.2) is 36.4 Å². The standard InChI is InChI=1S/C13H9Cl2N3O3/c14-10-6-9(12(15)17-16-10)13(21)18(7-11(19)20)8-4-2-1-3-5-8/h1-6H,7H2,(H,19,20). The number of hydrogen-bond donors (Lipinski definition) is 1. The molecule has 0 saturated carbocycles. The predicted octanol–water partition coefficient (Wildman–Crippen LogP) is 2.51. The highest BCUT2D eigenvalue weighted by atomic mass is 35.5. The van der Waals surface area contributed by atoms with Gasteiger partial charge in [-0.05, 0) is 18.2 Å². The van der Waals surface area contributed by atoms with Crippen molar-refractivity contribution in [1.29, 1.82) is 0 Å². The number of rotatable bonds is 4. The normalized spacial score (nSPS) is 10.2. The van der Waals surface area contributed by atoms with Crippen molar-refractivity contribution >= 4 is 40.8 Å². The minimum atomic E-state index is -1.16. The van der Waals surface area contributed by atoms with E-state index in [0.717, 1.165) is 4.90 Å². The van der Waals surface area contributed by atoms with E-state index in [-0.39, 0.29) is 15.9 Å². The molecule has 0 radical (unpaired) electrons. The molecule has 0 unspecified atom stereocenters. The fraction of sp³-hybridized carbons (Fsp3) is 0.0769. The van der Waals surface area contributed by atoms with Gasteiger partial charge in [-0.15, -0.1) is 10.2 Å². The van der Waals surface area contributed by atoms with Crippen LogP contribution < -0.4 is 4.90 Å². The summed E-state index contributed by atoms with van der Waals surface area (Å²) in [7, 11) is 0. The zero-order valence-electron chi connectivity index (χ0n) is 10.5. The maximum atomic E-state index is 12.5. The number of hydrogen-bond acceptors (Lipinski definition) is 4. The molecule has 0 saturated heterocycles. The molecule has 0 aliphatic carbocycles. The van der Waals surface area contributed by atoms with Crippen molar-refractivity contribution in [3.05, 3.63) is 52.3 Å². The highest BCUT2D eigenvalue weighted by Crippen LogP contribution is 2.21. The molecule has 108 valence electrons. The Kier molecular flexibility index (Phi) is 4.72. The van der Waals surface area contributed by atoms with Crippen molar-refractivity contribution in [3.8, 4) is 0 Å². The number of carbonyl (C=O) groups excluding carboxylic acids is 1. The molecule has 0 spiro atoms. The molecular weight excluding hydrogens is 317 g/mol. The first kappa shape index (κ1) is 15.2. The molecule has 21 heavy (non-hydrogen) atoms. The first-order valence-corrected chi connectivity index (χ1v) is 6.52. The number of carboxylic acid groups (broad SMARTS) is 1. The van der Waals surface area contributed by atoms with Crippen LogP contribution in [0.3, 0.4) is 0 Å². The van der Waals surface area contributed by atoms with Gasteiger partial charge in [0.25, 0.3) is 5.91 Å². The fourth-order valence-corrected chi connectivity index (χ4v) is 1.99. The van der Waals surface area contributed by atoms with Crippen molar-refractivity contribution < 1.29 is 14.7 Å². The largest absolute Gasteiger partial charge is 0.480 e. The lowest BCUT2D eigenvalue weighted by molar-refractivity contribution is -0.135. The molecule has 1 N–H and O–H groups in total. The van der Waals surface area contributed by atoms with Gasteiger partial charge in [-0.2, -0.15) is 0 Å². The number of aromatic nitrogens is 2. The van der Waals surface area contributed by atoms with Gasteiger partial charge in [0.1, 0.15) is 6.54 Å². The Morgan fingerprint density at radius 3 is 2.43 bits per heavy atom. The van der Waals surface area contributed by atoms with E-state index < -0.39 is 18.4 Å². The van der Waals surface area contributed by atoms with Gasteiger partial charge >= 0.3 is 5.97 Å². The third-order valence-electron chi connectivity index (χ3n) is 2.56. The molecule has 0 bridgehead atoms. The molecule has 0 atom stereocenters. The Morgan fingerprint density at radius 1 is 1.14 bits per heavy atom. The summed E-state index contributed by atoms with van der Waals surface area (Å²) >= 11 is 11.5. The summed E-state index contributed by atoms with van der Waals surface area (Å²) in [5, 5.41) is 15.9. The molecule has 0 aliphatic rings. The Bertz CT molecular complexity index is 680. The van der Waals surface area contributed by atoms with Crippen LogP contribution >= 0.6 is 23.2 Å². The Hall–Kier alpha value is -2.18. The van der Waals surface area contributed by atoms with Crippen LogP contribution in [-0.4, -0.2) is 33.7 Å². The molecule has 8 heteroatoms. The minimum Gasteiger partial charge on any atom is -0.480 e. The van der Waals surface area contributed by atoms with Crippen molar-refractivity contribution in [2.45, 2.75) is 0 Å². The topological polar surface area (TPSA) is 83.4 Å². The number of anilines is 1. The van der Waals surface area contributed by atoms with Gasteiger partial charge < -0.3 is 5.11 Å². The zero-order valence-corrected chi connectivity index (χ0v) is 12.0. The van der Waals surface area contributed by atoms with E-state index in [2.05, 4.69) is 10.2 Å². The maximum Gasteiger partial charge on any atom is 0.323 e. The zero-order chi connectivity index (χ0) is 15.4. The minimum absolute atomic E-state index is 0.00825. The first-order chi connectivity index (χ1) is 9.99. The van der Waals surface area contributed by atoms with Crippen LogP contribution in [0.25, 0.3) is 0 Å². The molecular formula is C13H9Cl2N3O3. The SMILES string of the molecule is O=C(O)CN(C(=O)c1cc(Cl)nnc1Cl)c1ccccc1. The summed E-state index contributed by atoms with van der Waals surface area (Å²) in [5.41, 5.74) is 0.413. The molecule has 2 aromatic rings. The molecule has 1 aromatic heterocycles. The van der Waals surface area contributed by atoms with Gasteiger partial charge in [-0.25, -0.2) is 0 Å². The smallest absolute Gasteiger partial charge is 0.323 e. The maximum absolute atomic E-state index is 12.5. The number of amides is 1. The number of para-hydroxylation sites is 1. The third kappa shape index (κ3) is 3.68. The van der Waals surface area contributed by atoms with Crippen LogP contribution in [0.1, 0.15) is 10.4 Å². The monoisotopic (exact) mass is 325 g/mol. The van der Waals surface area contributed by atoms with E-state index in [9.17, 15) is 9.59 Å². The van der Waals surface area contributed by atoms with Crippen LogP contribution in [0, 0.1) is 0 Å². The molecule has 0 aliphatic heterocycles. The number of carboxylic acids is 1. The van der Waals surface area contributed by atoms with E-state index in [1.165, 1.54) is 6.07 Å². The van der Waals surface area contributed by atoms with Gasteiger partial charge in [0, 0.05) is 5.69 Å². The second-order valence-corrected chi connectivity index (χ2v) is 4.74. The number of carbonyl (C=O) groups is 2. The summed E-state index contributed by atoms with van der Waals surface area (Å²) in [5.74, 6) is -1.78. The summed E-state index contributed by atoms with van der Waals surface area (Å²) in [6.07, 6.45) is 0. The van der Waals surface area contributed by atoms with Gasteiger partial charge in [0.2, 0.25) is 0 Å². The number of aliphatic carboxylic acids is 1. The van der Waals surface area contributed by atoms with Gasteiger partial charge in [0.05, 0.1) is 5.56 Å². The second-order valence-electron chi connectivity index (χ2n) is 3.99. The predicted molar refractivity (Wildman–Crippen MR) is 77.8 cm³/mol. The third-order valence-corrected chi connectivity index (χ3v) is 3.02. The van der Waals surface area contributed by atoms with E-state index >= 15 is 0 Å². The molecule has 1 aromatic carbocycles. The quantitative estimate of drug-likeness (QED) is 0.933. The summed E-state index contributed by atoms with van der Waals surface area (Å²) in [6.45, 7) is -0.515. The summed E-state index contributed by atoms with van der Waals surface area (Å²) < 4.78 is 0. The van der Waals surface area contributed by atoms with Gasteiger partial charge in [-0.3, -0.25) is 14.5 Å². The average molecular weight is 326 g/mol. The summed E-state index contributed by atoms with van der Waals surface area (Å²) in [4.78, 5) is 24.6. The van der Waals surface area contributed by atoms with Crippen LogP contribution in [-0.2, 0) is 4.79 Å². The van der Waals surface area contributed by atoms with E-state index in [0.29, 0.717) is 5.69 Å². The van der Waals surface area contributed by atoms with E-state index in [1.807, 2.05) is 0 Å². The first-order valence-electron chi connectivity index (χ1n) is 5.76. The van der Waals surface area contributed by atoms with Crippen LogP contribution in [0.5, 0.6) is 0 Å². The Balaban J connectivity index is 2.43.